The summed E-state index contributed by atoms with van der Waals surface area (Å²) in [5.41, 5.74) is 5.40. The molecular weight excluding hydrogens is 620 g/mol. The maximum Gasteiger partial charge on any atom is 0.264 e. The highest BCUT2D eigenvalue weighted by Gasteiger charge is 2.16. The number of hydrogen-bond donors (Lipinski definition) is 1. The molecule has 0 spiro atoms. The molecule has 12 nitrogen and oxygen atoms in total. The molecule has 0 amide bonds. The zero-order valence-corrected chi connectivity index (χ0v) is 29.3. The monoisotopic (exact) mass is 670 g/mol. The van der Waals surface area contributed by atoms with Gasteiger partial charge in [0.25, 0.3) is 10.1 Å². The molecule has 260 valence electrons. The number of rotatable bonds is 20. The molecule has 2 rings (SSSR count). The minimum atomic E-state index is -3.55. The molecule has 2 aromatic carbocycles. The number of hydrogen-bond acceptors (Lipinski definition) is 12. The van der Waals surface area contributed by atoms with Gasteiger partial charge < -0.3 is 43.0 Å². The van der Waals surface area contributed by atoms with E-state index in [-0.39, 0.29) is 40.4 Å². The van der Waals surface area contributed by atoms with Crippen LogP contribution in [0, 0.1) is 0 Å². The molecule has 0 saturated heterocycles. The maximum absolute atomic E-state index is 11.2. The van der Waals surface area contributed by atoms with Crippen LogP contribution in [0.4, 0.5) is 0 Å². The summed E-state index contributed by atoms with van der Waals surface area (Å²) in [6.07, 6.45) is 6.40. The highest BCUT2D eigenvalue weighted by molar-refractivity contribution is 7.85. The molecule has 0 aliphatic carbocycles. The molecule has 46 heavy (non-hydrogen) atoms. The molecular formula is C33H50O12S. The summed E-state index contributed by atoms with van der Waals surface area (Å²) in [7, 11) is 2.62. The van der Waals surface area contributed by atoms with Gasteiger partial charge >= 0.3 is 0 Å². The second-order valence-electron chi connectivity index (χ2n) is 10.4. The van der Waals surface area contributed by atoms with Crippen molar-refractivity contribution in [3.05, 3.63) is 69.8 Å². The second kappa shape index (κ2) is 22.4. The number of benzene rings is 2. The quantitative estimate of drug-likeness (QED) is 0.111. The summed E-state index contributed by atoms with van der Waals surface area (Å²) in [6.45, 7) is 8.26. The van der Waals surface area contributed by atoms with Crippen molar-refractivity contribution in [1.82, 2.24) is 0 Å². The molecule has 0 radical (unpaired) electrons. The third kappa shape index (κ3) is 16.4. The third-order valence-electron chi connectivity index (χ3n) is 5.84. The first kappa shape index (κ1) is 40.9. The van der Waals surface area contributed by atoms with Gasteiger partial charge in [-0.2, -0.15) is 8.42 Å². The lowest BCUT2D eigenvalue weighted by molar-refractivity contribution is 0.0443. The Morgan fingerprint density at radius 1 is 0.630 bits per heavy atom. The van der Waals surface area contributed by atoms with Crippen molar-refractivity contribution in [1.29, 1.82) is 0 Å². The molecule has 0 unspecified atom stereocenters. The van der Waals surface area contributed by atoms with Gasteiger partial charge in [0, 0.05) is 39.6 Å². The molecule has 0 fully saturated rings. The summed E-state index contributed by atoms with van der Waals surface area (Å²) < 4.78 is 69.6. The lowest BCUT2D eigenvalue weighted by atomic mass is 10.0. The molecule has 0 aromatic heterocycles. The van der Waals surface area contributed by atoms with Crippen molar-refractivity contribution < 1.29 is 55.6 Å². The van der Waals surface area contributed by atoms with Crippen LogP contribution in [-0.4, -0.2) is 75.4 Å². The smallest absolute Gasteiger partial charge is 0.264 e. The summed E-state index contributed by atoms with van der Waals surface area (Å²) in [4.78, 5) is 0. The Morgan fingerprint density at radius 2 is 0.957 bits per heavy atom. The van der Waals surface area contributed by atoms with Crippen molar-refractivity contribution >= 4 is 10.1 Å². The maximum atomic E-state index is 11.2. The number of allylic oxidation sites excluding steroid dienone is 4. The predicted octanol–water partition coefficient (Wildman–Crippen LogP) is 5.29. The van der Waals surface area contributed by atoms with Crippen molar-refractivity contribution in [3.8, 4) is 23.0 Å². The van der Waals surface area contributed by atoms with Crippen LogP contribution in [0.15, 0.2) is 47.6 Å². The molecule has 0 atom stereocenters. The number of aliphatic hydroxyl groups is 1. The second-order valence-corrected chi connectivity index (χ2v) is 12.1. The lowest BCUT2D eigenvalue weighted by Crippen LogP contribution is -2.08. The summed E-state index contributed by atoms with van der Waals surface area (Å²) in [6, 6.07) is 7.04. The Kier molecular flexibility index (Phi) is 19.9. The highest BCUT2D eigenvalue weighted by Crippen LogP contribution is 2.34. The Morgan fingerprint density at radius 3 is 1.22 bits per heavy atom. The zero-order chi connectivity index (χ0) is 34.5. The van der Waals surface area contributed by atoms with Gasteiger partial charge in [0.05, 0.1) is 19.5 Å². The Labute approximate surface area is 273 Å². The Hall–Kier alpha value is -3.17. The highest BCUT2D eigenvalue weighted by atomic mass is 32.2. The van der Waals surface area contributed by atoms with E-state index < -0.39 is 10.1 Å². The van der Waals surface area contributed by atoms with Crippen LogP contribution in [0.5, 0.6) is 23.0 Å². The van der Waals surface area contributed by atoms with Gasteiger partial charge in [-0.25, -0.2) is 0 Å². The van der Waals surface area contributed by atoms with Crippen LogP contribution in [0.2, 0.25) is 0 Å². The van der Waals surface area contributed by atoms with E-state index >= 15 is 0 Å². The first-order valence-electron chi connectivity index (χ1n) is 14.4. The van der Waals surface area contributed by atoms with Crippen molar-refractivity contribution in [2.75, 3.05) is 61.9 Å². The molecule has 0 aliphatic rings. The summed E-state index contributed by atoms with van der Waals surface area (Å²) >= 11 is 0. The van der Waals surface area contributed by atoms with Crippen LogP contribution in [0.3, 0.4) is 0 Å². The third-order valence-corrected chi connectivity index (χ3v) is 6.38. The van der Waals surface area contributed by atoms with E-state index in [0.717, 1.165) is 23.0 Å². The lowest BCUT2D eigenvalue weighted by Gasteiger charge is -2.17. The molecule has 13 heteroatoms. The van der Waals surface area contributed by atoms with E-state index in [0.29, 0.717) is 47.0 Å². The first-order valence-corrected chi connectivity index (χ1v) is 16.2. The normalized spacial score (nSPS) is 10.8. The van der Waals surface area contributed by atoms with Gasteiger partial charge in [0.2, 0.25) is 0 Å². The van der Waals surface area contributed by atoms with E-state index in [1.807, 2.05) is 33.8 Å². The average molecular weight is 671 g/mol. The van der Waals surface area contributed by atoms with Gasteiger partial charge in [-0.3, -0.25) is 4.18 Å². The Balaban J connectivity index is 0.000000467. The van der Waals surface area contributed by atoms with Gasteiger partial charge in [-0.1, -0.05) is 23.3 Å². The van der Waals surface area contributed by atoms with E-state index in [2.05, 4.69) is 6.08 Å². The fourth-order valence-electron chi connectivity index (χ4n) is 3.72. The van der Waals surface area contributed by atoms with Crippen molar-refractivity contribution in [2.45, 2.75) is 53.8 Å². The van der Waals surface area contributed by atoms with E-state index in [4.69, 9.17) is 42.1 Å². The standard InChI is InChI=1S/C17H26O7S.C16H24O5/c1-13(2)6-7-15-16(22-11-20-3)8-14(10-24-25(5,18)19)9-17(15)23-12-21-4;1-12(2)5-6-14-15(20-10-18-3)7-13(9-17)8-16(14)21-11-19-4/h6,8-9H,7,10-12H2,1-5H3;5,7-8,17H,6,9-11H2,1-4H3. The zero-order valence-electron chi connectivity index (χ0n) is 28.5. The van der Waals surface area contributed by atoms with Gasteiger partial charge in [-0.15, -0.1) is 0 Å². The fourth-order valence-corrected chi connectivity index (χ4v) is 4.07. The number of ether oxygens (including phenoxy) is 8. The number of methoxy groups -OCH3 is 4. The molecule has 0 heterocycles. The van der Waals surface area contributed by atoms with Crippen LogP contribution in [0.25, 0.3) is 0 Å². The summed E-state index contributed by atoms with van der Waals surface area (Å²) in [5.74, 6) is 2.37. The van der Waals surface area contributed by atoms with Crippen molar-refractivity contribution in [2.24, 2.45) is 0 Å². The van der Waals surface area contributed by atoms with Crippen LogP contribution in [-0.2, 0) is 59.3 Å². The number of aliphatic hydroxyl groups excluding tert-OH is 1. The van der Waals surface area contributed by atoms with Gasteiger partial charge in [-0.05, 0) is 75.9 Å². The molecule has 0 saturated carbocycles. The van der Waals surface area contributed by atoms with E-state index in [1.165, 1.54) is 19.8 Å². The van der Waals surface area contributed by atoms with Crippen molar-refractivity contribution in [3.63, 3.8) is 0 Å². The van der Waals surface area contributed by atoms with Crippen LogP contribution >= 0.6 is 0 Å². The SMILES string of the molecule is COCOc1cc(CO)cc(OCOC)c1CC=C(C)C.COCOc1cc(COS(C)(=O)=O)cc(OCOC)c1CC=C(C)C. The predicted molar refractivity (Wildman–Crippen MR) is 175 cm³/mol. The van der Waals surface area contributed by atoms with Crippen LogP contribution in [0.1, 0.15) is 49.9 Å². The largest absolute Gasteiger partial charge is 0.467 e. The molecule has 0 bridgehead atoms. The van der Waals surface area contributed by atoms with E-state index in [9.17, 15) is 13.5 Å². The van der Waals surface area contributed by atoms with Gasteiger partial charge in [0.15, 0.2) is 27.2 Å². The van der Waals surface area contributed by atoms with Gasteiger partial charge in [0.1, 0.15) is 23.0 Å². The minimum absolute atomic E-state index is 0.0575. The minimum Gasteiger partial charge on any atom is -0.467 e. The Bertz CT molecular complexity index is 1290. The van der Waals surface area contributed by atoms with Crippen LogP contribution < -0.4 is 18.9 Å². The first-order chi connectivity index (χ1) is 21.9. The average Bonchev–Trinajstić information content (AvgIpc) is 3.01. The molecule has 2 aromatic rings. The topological polar surface area (TPSA) is 137 Å². The fraction of sp³-hybridized carbons (Fsp3) is 0.515. The molecule has 0 aliphatic heterocycles. The van der Waals surface area contributed by atoms with E-state index in [1.54, 1.807) is 38.5 Å². The summed E-state index contributed by atoms with van der Waals surface area (Å²) in [5, 5.41) is 9.36. The molecule has 1 N–H and O–H groups in total.